The normalized spacial score (nSPS) is 10.7. The quantitative estimate of drug-likeness (QED) is 0.752. The molecule has 6 nitrogen and oxygen atoms in total. The lowest BCUT2D eigenvalue weighted by Gasteiger charge is -2.05. The van der Waals surface area contributed by atoms with Crippen LogP contribution in [0.1, 0.15) is 21.5 Å². The summed E-state index contributed by atoms with van der Waals surface area (Å²) in [6.45, 7) is 0.435. The van der Waals surface area contributed by atoms with Gasteiger partial charge >= 0.3 is 0 Å². The highest BCUT2D eigenvalue weighted by molar-refractivity contribution is 6.00. The first-order valence-electron chi connectivity index (χ1n) is 6.52. The highest BCUT2D eigenvalue weighted by Gasteiger charge is 2.12. The SMILES string of the molecule is O=C(NCc1ccc(CO)cc1)c1cnn2ccncc12. The Bertz CT molecular complexity index is 765. The van der Waals surface area contributed by atoms with Gasteiger partial charge in [0.15, 0.2) is 0 Å². The van der Waals surface area contributed by atoms with Crippen molar-refractivity contribution in [1.82, 2.24) is 19.9 Å². The lowest BCUT2D eigenvalue weighted by atomic mass is 10.1. The van der Waals surface area contributed by atoms with Crippen molar-refractivity contribution in [3.05, 3.63) is 65.7 Å². The summed E-state index contributed by atoms with van der Waals surface area (Å²) in [7, 11) is 0. The molecule has 21 heavy (non-hydrogen) atoms. The number of fused-ring (bicyclic) bond motifs is 1. The number of amides is 1. The second-order valence-electron chi connectivity index (χ2n) is 4.62. The predicted molar refractivity (Wildman–Crippen MR) is 76.5 cm³/mol. The summed E-state index contributed by atoms with van der Waals surface area (Å²) in [5.41, 5.74) is 2.98. The summed E-state index contributed by atoms with van der Waals surface area (Å²) in [4.78, 5) is 16.2. The molecule has 0 atom stereocenters. The summed E-state index contributed by atoms with van der Waals surface area (Å²) in [5, 5.41) is 15.9. The Labute approximate surface area is 121 Å². The Kier molecular flexibility index (Phi) is 3.61. The third-order valence-electron chi connectivity index (χ3n) is 3.23. The maximum Gasteiger partial charge on any atom is 0.255 e. The highest BCUT2D eigenvalue weighted by atomic mass is 16.3. The number of carbonyl (C=O) groups is 1. The number of aromatic nitrogens is 3. The number of hydrogen-bond acceptors (Lipinski definition) is 4. The van der Waals surface area contributed by atoms with E-state index < -0.39 is 0 Å². The van der Waals surface area contributed by atoms with Gasteiger partial charge in [-0.05, 0) is 11.1 Å². The number of rotatable bonds is 4. The molecule has 0 fully saturated rings. The van der Waals surface area contributed by atoms with E-state index in [9.17, 15) is 4.79 Å². The molecule has 0 saturated heterocycles. The number of benzene rings is 1. The van der Waals surface area contributed by atoms with Gasteiger partial charge in [0.1, 0.15) is 0 Å². The average Bonchev–Trinajstić information content (AvgIpc) is 2.97. The van der Waals surface area contributed by atoms with Gasteiger partial charge in [-0.25, -0.2) is 4.52 Å². The molecular formula is C15H14N4O2. The van der Waals surface area contributed by atoms with Gasteiger partial charge in [-0.3, -0.25) is 9.78 Å². The van der Waals surface area contributed by atoms with E-state index in [1.807, 2.05) is 24.3 Å². The smallest absolute Gasteiger partial charge is 0.255 e. The Morgan fingerprint density at radius 1 is 1.19 bits per heavy atom. The molecule has 0 saturated carbocycles. The van der Waals surface area contributed by atoms with E-state index in [4.69, 9.17) is 5.11 Å². The van der Waals surface area contributed by atoms with Crippen molar-refractivity contribution in [2.75, 3.05) is 0 Å². The Morgan fingerprint density at radius 3 is 2.71 bits per heavy atom. The van der Waals surface area contributed by atoms with Gasteiger partial charge in [0.25, 0.3) is 5.91 Å². The van der Waals surface area contributed by atoms with Crippen molar-refractivity contribution in [2.24, 2.45) is 0 Å². The van der Waals surface area contributed by atoms with Crippen molar-refractivity contribution >= 4 is 11.4 Å². The van der Waals surface area contributed by atoms with Gasteiger partial charge in [-0.2, -0.15) is 5.10 Å². The number of carbonyl (C=O) groups excluding carboxylic acids is 1. The van der Waals surface area contributed by atoms with Gasteiger partial charge in [0.2, 0.25) is 0 Å². The zero-order valence-corrected chi connectivity index (χ0v) is 11.2. The van der Waals surface area contributed by atoms with Gasteiger partial charge < -0.3 is 10.4 Å². The van der Waals surface area contributed by atoms with E-state index in [0.29, 0.717) is 17.6 Å². The minimum atomic E-state index is -0.191. The number of nitrogens with zero attached hydrogens (tertiary/aromatic N) is 3. The maximum atomic E-state index is 12.2. The molecule has 6 heteroatoms. The molecule has 2 heterocycles. The third kappa shape index (κ3) is 2.75. The molecule has 3 aromatic rings. The maximum absolute atomic E-state index is 12.2. The van der Waals surface area contributed by atoms with Crippen molar-refractivity contribution in [3.8, 4) is 0 Å². The number of aliphatic hydroxyl groups excluding tert-OH is 1. The topological polar surface area (TPSA) is 79.5 Å². The fraction of sp³-hybridized carbons (Fsp3) is 0.133. The Morgan fingerprint density at radius 2 is 1.95 bits per heavy atom. The van der Waals surface area contributed by atoms with Crippen molar-refractivity contribution < 1.29 is 9.90 Å². The van der Waals surface area contributed by atoms with Crippen LogP contribution in [0.3, 0.4) is 0 Å². The molecule has 0 aliphatic heterocycles. The molecular weight excluding hydrogens is 268 g/mol. The van der Waals surface area contributed by atoms with Crippen LogP contribution in [-0.2, 0) is 13.2 Å². The summed E-state index contributed by atoms with van der Waals surface area (Å²) in [6, 6.07) is 7.43. The third-order valence-corrected chi connectivity index (χ3v) is 3.23. The molecule has 0 bridgehead atoms. The van der Waals surface area contributed by atoms with Crippen LogP contribution in [-0.4, -0.2) is 25.6 Å². The molecule has 106 valence electrons. The number of aliphatic hydroxyl groups is 1. The molecule has 0 radical (unpaired) electrons. The fourth-order valence-corrected chi connectivity index (χ4v) is 2.05. The molecule has 0 unspecified atom stereocenters. The van der Waals surface area contributed by atoms with E-state index in [1.54, 1.807) is 23.1 Å². The molecule has 1 amide bonds. The molecule has 0 aliphatic carbocycles. The van der Waals surface area contributed by atoms with Gasteiger partial charge in [0.05, 0.1) is 30.1 Å². The number of nitrogens with one attached hydrogen (secondary N) is 1. The van der Waals surface area contributed by atoms with Crippen LogP contribution in [0.4, 0.5) is 0 Å². The first-order chi connectivity index (χ1) is 10.3. The first-order valence-corrected chi connectivity index (χ1v) is 6.52. The largest absolute Gasteiger partial charge is 0.392 e. The van der Waals surface area contributed by atoms with E-state index >= 15 is 0 Å². The van der Waals surface area contributed by atoms with E-state index in [-0.39, 0.29) is 12.5 Å². The van der Waals surface area contributed by atoms with Crippen molar-refractivity contribution in [2.45, 2.75) is 13.2 Å². The highest BCUT2D eigenvalue weighted by Crippen LogP contribution is 2.09. The van der Waals surface area contributed by atoms with Gasteiger partial charge in [0, 0.05) is 18.9 Å². The van der Waals surface area contributed by atoms with Crippen LogP contribution in [0.25, 0.3) is 5.52 Å². The Balaban J connectivity index is 1.71. The van der Waals surface area contributed by atoms with Crippen LogP contribution in [0, 0.1) is 0 Å². The average molecular weight is 282 g/mol. The second-order valence-corrected chi connectivity index (χ2v) is 4.62. The molecule has 2 aromatic heterocycles. The molecule has 1 aromatic carbocycles. The molecule has 0 aliphatic rings. The van der Waals surface area contributed by atoms with Crippen LogP contribution in [0.5, 0.6) is 0 Å². The minimum absolute atomic E-state index is 0.0159. The van der Waals surface area contributed by atoms with Gasteiger partial charge in [-0.1, -0.05) is 24.3 Å². The van der Waals surface area contributed by atoms with Crippen molar-refractivity contribution in [1.29, 1.82) is 0 Å². The van der Waals surface area contributed by atoms with Crippen LogP contribution >= 0.6 is 0 Å². The molecule has 2 N–H and O–H groups in total. The second kappa shape index (κ2) is 5.72. The zero-order chi connectivity index (χ0) is 14.7. The summed E-state index contributed by atoms with van der Waals surface area (Å²) >= 11 is 0. The number of hydrogen-bond donors (Lipinski definition) is 2. The minimum Gasteiger partial charge on any atom is -0.392 e. The zero-order valence-electron chi connectivity index (χ0n) is 11.2. The lowest BCUT2D eigenvalue weighted by Crippen LogP contribution is -2.22. The monoisotopic (exact) mass is 282 g/mol. The first kappa shape index (κ1) is 13.3. The van der Waals surface area contributed by atoms with E-state index in [0.717, 1.165) is 11.1 Å². The van der Waals surface area contributed by atoms with Crippen LogP contribution < -0.4 is 5.32 Å². The predicted octanol–water partition coefficient (Wildman–Crippen LogP) is 1.15. The Hall–Kier alpha value is -2.73. The van der Waals surface area contributed by atoms with Gasteiger partial charge in [-0.15, -0.1) is 0 Å². The molecule has 0 spiro atoms. The summed E-state index contributed by atoms with van der Waals surface area (Å²) in [5.74, 6) is -0.191. The van der Waals surface area contributed by atoms with E-state index in [2.05, 4.69) is 15.4 Å². The van der Waals surface area contributed by atoms with Crippen LogP contribution in [0.15, 0.2) is 49.1 Å². The molecule has 3 rings (SSSR count). The van der Waals surface area contributed by atoms with Crippen LogP contribution in [0.2, 0.25) is 0 Å². The summed E-state index contributed by atoms with van der Waals surface area (Å²) in [6.07, 6.45) is 6.45. The lowest BCUT2D eigenvalue weighted by molar-refractivity contribution is 0.0952. The summed E-state index contributed by atoms with van der Waals surface area (Å²) < 4.78 is 1.61. The standard InChI is InChI=1S/C15H14N4O2/c20-10-12-3-1-11(2-4-12)7-17-15(21)13-8-18-19-6-5-16-9-14(13)19/h1-6,8-9,20H,7,10H2,(H,17,21). The van der Waals surface area contributed by atoms with E-state index in [1.165, 1.54) is 6.20 Å². The van der Waals surface area contributed by atoms with Crippen molar-refractivity contribution in [3.63, 3.8) is 0 Å². The fourth-order valence-electron chi connectivity index (χ4n) is 2.05.